The van der Waals surface area contributed by atoms with E-state index in [9.17, 15) is 9.90 Å². The first-order chi connectivity index (χ1) is 11.0. The van der Waals surface area contributed by atoms with Gasteiger partial charge < -0.3 is 15.2 Å². The molecule has 0 aromatic heterocycles. The standard InChI is InChI=1S/C18H20BrNO3/c1-12-8-13(2)10-15(9-12)23-7-3-6-20-17-5-4-14(19)11-16(17)18(21)22/h4-5,8-11,20H,3,6-7H2,1-2H3,(H,21,22). The van der Waals surface area contributed by atoms with E-state index in [0.29, 0.717) is 18.8 Å². The second kappa shape index (κ2) is 8.02. The van der Waals surface area contributed by atoms with E-state index in [1.807, 2.05) is 32.0 Å². The number of anilines is 1. The Morgan fingerprint density at radius 3 is 2.52 bits per heavy atom. The zero-order valence-electron chi connectivity index (χ0n) is 13.2. The number of rotatable bonds is 7. The molecule has 0 aliphatic carbocycles. The predicted molar refractivity (Wildman–Crippen MR) is 95.6 cm³/mol. The Morgan fingerprint density at radius 2 is 1.87 bits per heavy atom. The van der Waals surface area contributed by atoms with Gasteiger partial charge in [0.2, 0.25) is 0 Å². The number of aromatic carboxylic acids is 1. The van der Waals surface area contributed by atoms with Crippen LogP contribution in [0.25, 0.3) is 0 Å². The molecule has 122 valence electrons. The summed E-state index contributed by atoms with van der Waals surface area (Å²) in [6.07, 6.45) is 0.780. The minimum Gasteiger partial charge on any atom is -0.494 e. The molecular formula is C18H20BrNO3. The Bertz CT molecular complexity index is 680. The predicted octanol–water partition coefficient (Wildman–Crippen LogP) is 4.65. The van der Waals surface area contributed by atoms with E-state index in [4.69, 9.17) is 4.74 Å². The number of halogens is 1. The highest BCUT2D eigenvalue weighted by Crippen LogP contribution is 2.21. The zero-order chi connectivity index (χ0) is 16.8. The molecule has 0 fully saturated rings. The van der Waals surface area contributed by atoms with Crippen LogP contribution in [0.2, 0.25) is 0 Å². The lowest BCUT2D eigenvalue weighted by molar-refractivity contribution is 0.0698. The molecule has 0 saturated carbocycles. The molecule has 0 amide bonds. The molecule has 0 aliphatic heterocycles. The van der Waals surface area contributed by atoms with Gasteiger partial charge in [-0.05, 0) is 61.7 Å². The molecule has 4 nitrogen and oxygen atoms in total. The van der Waals surface area contributed by atoms with E-state index in [1.54, 1.807) is 12.1 Å². The van der Waals surface area contributed by atoms with Crippen LogP contribution in [0.5, 0.6) is 5.75 Å². The highest BCUT2D eigenvalue weighted by atomic mass is 79.9. The number of hydrogen-bond acceptors (Lipinski definition) is 3. The number of carboxylic acids is 1. The van der Waals surface area contributed by atoms with Crippen LogP contribution < -0.4 is 10.1 Å². The maximum atomic E-state index is 11.2. The lowest BCUT2D eigenvalue weighted by Crippen LogP contribution is -2.10. The summed E-state index contributed by atoms with van der Waals surface area (Å²) in [5.74, 6) is -0.0716. The second-order valence-corrected chi connectivity index (χ2v) is 6.36. The monoisotopic (exact) mass is 377 g/mol. The lowest BCUT2D eigenvalue weighted by atomic mass is 10.1. The van der Waals surface area contributed by atoms with Crippen LogP contribution in [0, 0.1) is 13.8 Å². The summed E-state index contributed by atoms with van der Waals surface area (Å²) in [6.45, 7) is 5.31. The molecule has 2 aromatic carbocycles. The quantitative estimate of drug-likeness (QED) is 0.689. The highest BCUT2D eigenvalue weighted by molar-refractivity contribution is 9.10. The molecule has 0 unspecified atom stereocenters. The van der Waals surface area contributed by atoms with Gasteiger partial charge in [0.25, 0.3) is 0 Å². The number of ether oxygens (including phenoxy) is 1. The molecule has 0 atom stereocenters. The van der Waals surface area contributed by atoms with Gasteiger partial charge in [-0.2, -0.15) is 0 Å². The normalized spacial score (nSPS) is 10.4. The largest absolute Gasteiger partial charge is 0.494 e. The Labute approximate surface area is 144 Å². The van der Waals surface area contributed by atoms with Crippen LogP contribution in [0.15, 0.2) is 40.9 Å². The van der Waals surface area contributed by atoms with E-state index in [1.165, 1.54) is 11.1 Å². The smallest absolute Gasteiger partial charge is 0.337 e. The summed E-state index contributed by atoms with van der Waals surface area (Å²) < 4.78 is 6.49. The summed E-state index contributed by atoms with van der Waals surface area (Å²) in [6, 6.07) is 11.3. The van der Waals surface area contributed by atoms with Crippen LogP contribution in [0.1, 0.15) is 27.9 Å². The van der Waals surface area contributed by atoms with Crippen molar-refractivity contribution in [2.75, 3.05) is 18.5 Å². The lowest BCUT2D eigenvalue weighted by Gasteiger charge is -2.11. The van der Waals surface area contributed by atoms with Crippen molar-refractivity contribution in [3.63, 3.8) is 0 Å². The van der Waals surface area contributed by atoms with Crippen molar-refractivity contribution in [3.05, 3.63) is 57.6 Å². The molecular weight excluding hydrogens is 358 g/mol. The fraction of sp³-hybridized carbons (Fsp3) is 0.278. The summed E-state index contributed by atoms with van der Waals surface area (Å²) in [5, 5.41) is 12.4. The van der Waals surface area contributed by atoms with E-state index < -0.39 is 5.97 Å². The van der Waals surface area contributed by atoms with Gasteiger partial charge in [-0.3, -0.25) is 0 Å². The van der Waals surface area contributed by atoms with Crippen molar-refractivity contribution >= 4 is 27.6 Å². The van der Waals surface area contributed by atoms with Gasteiger partial charge in [0, 0.05) is 16.7 Å². The zero-order valence-corrected chi connectivity index (χ0v) is 14.8. The first kappa shape index (κ1) is 17.3. The van der Waals surface area contributed by atoms with Gasteiger partial charge in [0.1, 0.15) is 5.75 Å². The third kappa shape index (κ3) is 5.28. The Kier molecular flexibility index (Phi) is 6.04. The number of aryl methyl sites for hydroxylation is 2. The van der Waals surface area contributed by atoms with E-state index in [2.05, 4.69) is 27.3 Å². The van der Waals surface area contributed by atoms with Crippen molar-refractivity contribution in [3.8, 4) is 5.75 Å². The minimum absolute atomic E-state index is 0.259. The van der Waals surface area contributed by atoms with Crippen molar-refractivity contribution in [2.24, 2.45) is 0 Å². The van der Waals surface area contributed by atoms with Crippen molar-refractivity contribution in [1.29, 1.82) is 0 Å². The van der Waals surface area contributed by atoms with E-state index >= 15 is 0 Å². The van der Waals surface area contributed by atoms with Gasteiger partial charge in [-0.25, -0.2) is 4.79 Å². The van der Waals surface area contributed by atoms with Crippen molar-refractivity contribution < 1.29 is 14.6 Å². The highest BCUT2D eigenvalue weighted by Gasteiger charge is 2.10. The topological polar surface area (TPSA) is 58.6 Å². The number of hydrogen-bond donors (Lipinski definition) is 2. The summed E-state index contributed by atoms with van der Waals surface area (Å²) in [4.78, 5) is 11.2. The molecule has 2 aromatic rings. The number of carboxylic acid groups (broad SMARTS) is 1. The first-order valence-corrected chi connectivity index (χ1v) is 8.23. The summed E-state index contributed by atoms with van der Waals surface area (Å²) in [7, 11) is 0. The van der Waals surface area contributed by atoms with Crippen LogP contribution in [-0.4, -0.2) is 24.2 Å². The minimum atomic E-state index is -0.944. The van der Waals surface area contributed by atoms with E-state index in [-0.39, 0.29) is 5.56 Å². The number of carbonyl (C=O) groups is 1. The van der Waals surface area contributed by atoms with Crippen LogP contribution in [0.4, 0.5) is 5.69 Å². The summed E-state index contributed by atoms with van der Waals surface area (Å²) >= 11 is 3.28. The van der Waals surface area contributed by atoms with Crippen LogP contribution in [-0.2, 0) is 0 Å². The Hall–Kier alpha value is -2.01. The van der Waals surface area contributed by atoms with Crippen molar-refractivity contribution in [1.82, 2.24) is 0 Å². The van der Waals surface area contributed by atoms with Gasteiger partial charge >= 0.3 is 5.97 Å². The summed E-state index contributed by atoms with van der Waals surface area (Å²) in [5.41, 5.74) is 3.24. The SMILES string of the molecule is Cc1cc(C)cc(OCCCNc2ccc(Br)cc2C(=O)O)c1. The molecule has 0 spiro atoms. The molecule has 0 bridgehead atoms. The maximum Gasteiger partial charge on any atom is 0.337 e. The molecule has 0 heterocycles. The molecule has 5 heteroatoms. The number of nitrogens with one attached hydrogen (secondary N) is 1. The Morgan fingerprint density at radius 1 is 1.17 bits per heavy atom. The Balaban J connectivity index is 1.83. The fourth-order valence-corrected chi connectivity index (χ4v) is 2.71. The molecule has 2 rings (SSSR count). The molecule has 2 N–H and O–H groups in total. The van der Waals surface area contributed by atoms with E-state index in [0.717, 1.165) is 16.6 Å². The third-order valence-electron chi connectivity index (χ3n) is 3.31. The maximum absolute atomic E-state index is 11.2. The molecule has 0 radical (unpaired) electrons. The average molecular weight is 378 g/mol. The van der Waals surface area contributed by atoms with Gasteiger partial charge in [-0.1, -0.05) is 22.0 Å². The van der Waals surface area contributed by atoms with Gasteiger partial charge in [0.05, 0.1) is 12.2 Å². The van der Waals surface area contributed by atoms with Crippen molar-refractivity contribution in [2.45, 2.75) is 20.3 Å². The second-order valence-electron chi connectivity index (χ2n) is 5.45. The molecule has 23 heavy (non-hydrogen) atoms. The number of benzene rings is 2. The molecule has 0 saturated heterocycles. The average Bonchev–Trinajstić information content (AvgIpc) is 2.47. The van der Waals surface area contributed by atoms with Gasteiger partial charge in [0.15, 0.2) is 0 Å². The van der Waals surface area contributed by atoms with Gasteiger partial charge in [-0.15, -0.1) is 0 Å². The third-order valence-corrected chi connectivity index (χ3v) is 3.81. The van der Waals surface area contributed by atoms with Crippen LogP contribution >= 0.6 is 15.9 Å². The van der Waals surface area contributed by atoms with Crippen LogP contribution in [0.3, 0.4) is 0 Å². The fourth-order valence-electron chi connectivity index (χ4n) is 2.35. The first-order valence-electron chi connectivity index (χ1n) is 7.43. The molecule has 0 aliphatic rings.